The summed E-state index contributed by atoms with van der Waals surface area (Å²) in [6, 6.07) is 15.8. The van der Waals surface area contributed by atoms with E-state index in [0.717, 1.165) is 38.4 Å². The SMILES string of the molecule is Cc1ccc(C[NH+](C)CC(=O)N2CCN(c3ccc(O)cc3)CC2)cc1. The molecule has 1 unspecified atom stereocenters. The number of nitrogens with one attached hydrogen (secondary N) is 1. The topological polar surface area (TPSA) is 48.2 Å². The van der Waals surface area contributed by atoms with Crippen molar-refractivity contribution in [2.24, 2.45) is 0 Å². The van der Waals surface area contributed by atoms with Gasteiger partial charge >= 0.3 is 0 Å². The van der Waals surface area contributed by atoms with E-state index < -0.39 is 0 Å². The number of benzene rings is 2. The summed E-state index contributed by atoms with van der Waals surface area (Å²) >= 11 is 0. The Hall–Kier alpha value is -2.53. The van der Waals surface area contributed by atoms with Gasteiger partial charge in [-0.15, -0.1) is 0 Å². The van der Waals surface area contributed by atoms with Gasteiger partial charge in [-0.1, -0.05) is 29.8 Å². The Morgan fingerprint density at radius 2 is 1.62 bits per heavy atom. The van der Waals surface area contributed by atoms with E-state index >= 15 is 0 Å². The van der Waals surface area contributed by atoms with Gasteiger partial charge in [0.25, 0.3) is 5.91 Å². The fourth-order valence-electron chi connectivity index (χ4n) is 3.36. The lowest BCUT2D eigenvalue weighted by Gasteiger charge is -2.36. The zero-order valence-corrected chi connectivity index (χ0v) is 15.6. The van der Waals surface area contributed by atoms with E-state index in [0.29, 0.717) is 6.54 Å². The van der Waals surface area contributed by atoms with Gasteiger partial charge in [0.05, 0.1) is 7.05 Å². The molecule has 3 rings (SSSR count). The summed E-state index contributed by atoms with van der Waals surface area (Å²) in [5.41, 5.74) is 3.61. The van der Waals surface area contributed by atoms with Crippen LogP contribution < -0.4 is 9.80 Å². The van der Waals surface area contributed by atoms with E-state index in [-0.39, 0.29) is 11.7 Å². The van der Waals surface area contributed by atoms with Crippen LogP contribution in [0.5, 0.6) is 5.75 Å². The van der Waals surface area contributed by atoms with Crippen LogP contribution in [0.4, 0.5) is 5.69 Å². The predicted octanol–water partition coefficient (Wildman–Crippen LogP) is 1.06. The van der Waals surface area contributed by atoms with Gasteiger partial charge in [0.2, 0.25) is 0 Å². The van der Waals surface area contributed by atoms with E-state index in [4.69, 9.17) is 0 Å². The van der Waals surface area contributed by atoms with Crippen molar-refractivity contribution in [1.82, 2.24) is 4.90 Å². The van der Waals surface area contributed by atoms with Crippen molar-refractivity contribution >= 4 is 11.6 Å². The molecule has 1 atom stereocenters. The lowest BCUT2D eigenvalue weighted by Crippen LogP contribution is -3.09. The fourth-order valence-corrected chi connectivity index (χ4v) is 3.36. The average Bonchev–Trinajstić information content (AvgIpc) is 2.64. The number of quaternary nitrogens is 1. The second-order valence-electron chi connectivity index (χ2n) is 7.18. The van der Waals surface area contributed by atoms with Crippen molar-refractivity contribution in [3.8, 4) is 5.75 Å². The number of likely N-dealkylation sites (N-methyl/N-ethyl adjacent to an activating group) is 1. The number of rotatable bonds is 5. The summed E-state index contributed by atoms with van der Waals surface area (Å²) < 4.78 is 0. The predicted molar refractivity (Wildman–Crippen MR) is 104 cm³/mol. The first kappa shape index (κ1) is 18.3. The van der Waals surface area contributed by atoms with Crippen molar-refractivity contribution in [1.29, 1.82) is 0 Å². The number of aryl methyl sites for hydroxylation is 1. The number of phenolic OH excluding ortho intramolecular Hbond substituents is 1. The molecule has 0 saturated carbocycles. The van der Waals surface area contributed by atoms with Crippen LogP contribution >= 0.6 is 0 Å². The van der Waals surface area contributed by atoms with Gasteiger partial charge in [-0.05, 0) is 31.2 Å². The van der Waals surface area contributed by atoms with E-state index in [2.05, 4.69) is 43.1 Å². The van der Waals surface area contributed by atoms with E-state index in [1.807, 2.05) is 17.0 Å². The molecule has 138 valence electrons. The third kappa shape index (κ3) is 4.76. The Morgan fingerprint density at radius 3 is 2.23 bits per heavy atom. The molecule has 1 fully saturated rings. The van der Waals surface area contributed by atoms with Crippen LogP contribution in [-0.4, -0.2) is 55.7 Å². The van der Waals surface area contributed by atoms with Gasteiger partial charge in [0.15, 0.2) is 6.54 Å². The van der Waals surface area contributed by atoms with Gasteiger partial charge in [-0.25, -0.2) is 0 Å². The van der Waals surface area contributed by atoms with Crippen LogP contribution in [0.3, 0.4) is 0 Å². The minimum absolute atomic E-state index is 0.222. The summed E-state index contributed by atoms with van der Waals surface area (Å²) in [5, 5.41) is 9.40. The molecule has 1 aliphatic rings. The lowest BCUT2D eigenvalue weighted by molar-refractivity contribution is -0.885. The molecule has 5 heteroatoms. The molecule has 0 spiro atoms. The van der Waals surface area contributed by atoms with E-state index in [1.165, 1.54) is 16.0 Å². The quantitative estimate of drug-likeness (QED) is 0.844. The standard InChI is InChI=1S/C21H27N3O2/c1-17-3-5-18(6-4-17)15-22(2)16-21(26)24-13-11-23(12-14-24)19-7-9-20(25)10-8-19/h3-10,25H,11-16H2,1-2H3/p+1. The van der Waals surface area contributed by atoms with Crippen LogP contribution in [0.1, 0.15) is 11.1 Å². The molecule has 1 amide bonds. The molecule has 0 aromatic heterocycles. The van der Waals surface area contributed by atoms with Crippen molar-refractivity contribution in [3.63, 3.8) is 0 Å². The first-order valence-corrected chi connectivity index (χ1v) is 9.20. The minimum Gasteiger partial charge on any atom is -0.508 e. The van der Waals surface area contributed by atoms with Crippen LogP contribution in [0.25, 0.3) is 0 Å². The molecule has 0 aliphatic carbocycles. The maximum Gasteiger partial charge on any atom is 0.277 e. The average molecular weight is 354 g/mol. The normalized spacial score (nSPS) is 15.8. The Kier molecular flexibility index (Phi) is 5.78. The molecule has 0 bridgehead atoms. The Bertz CT molecular complexity index is 720. The molecular weight excluding hydrogens is 326 g/mol. The third-order valence-electron chi connectivity index (χ3n) is 4.93. The van der Waals surface area contributed by atoms with Crippen LogP contribution in [-0.2, 0) is 11.3 Å². The minimum atomic E-state index is 0.222. The molecule has 1 heterocycles. The summed E-state index contributed by atoms with van der Waals surface area (Å²) in [6.07, 6.45) is 0. The number of hydrogen-bond acceptors (Lipinski definition) is 3. The van der Waals surface area contributed by atoms with Crippen LogP contribution in [0.15, 0.2) is 48.5 Å². The van der Waals surface area contributed by atoms with E-state index in [9.17, 15) is 9.90 Å². The first-order chi connectivity index (χ1) is 12.5. The van der Waals surface area contributed by atoms with Crippen molar-refractivity contribution in [2.75, 3.05) is 44.7 Å². The highest BCUT2D eigenvalue weighted by atomic mass is 16.3. The number of aromatic hydroxyl groups is 1. The first-order valence-electron chi connectivity index (χ1n) is 9.20. The molecular formula is C21H28N3O2+. The zero-order valence-electron chi connectivity index (χ0n) is 15.6. The van der Waals surface area contributed by atoms with Gasteiger partial charge < -0.3 is 19.8 Å². The molecule has 5 nitrogen and oxygen atoms in total. The second kappa shape index (κ2) is 8.23. The number of carbonyl (C=O) groups excluding carboxylic acids is 1. The number of anilines is 1. The maximum atomic E-state index is 12.6. The van der Waals surface area contributed by atoms with E-state index in [1.54, 1.807) is 12.1 Å². The highest BCUT2D eigenvalue weighted by molar-refractivity contribution is 5.77. The summed E-state index contributed by atoms with van der Waals surface area (Å²) in [6.45, 7) is 6.62. The fraction of sp³-hybridized carbons (Fsp3) is 0.381. The highest BCUT2D eigenvalue weighted by Crippen LogP contribution is 2.19. The zero-order chi connectivity index (χ0) is 18.5. The van der Waals surface area contributed by atoms with Gasteiger partial charge in [-0.2, -0.15) is 0 Å². The van der Waals surface area contributed by atoms with Crippen molar-refractivity contribution < 1.29 is 14.8 Å². The van der Waals surface area contributed by atoms with Gasteiger partial charge in [0, 0.05) is 37.4 Å². The summed E-state index contributed by atoms with van der Waals surface area (Å²) in [5.74, 6) is 0.502. The third-order valence-corrected chi connectivity index (χ3v) is 4.93. The Balaban J connectivity index is 1.47. The number of nitrogens with zero attached hydrogens (tertiary/aromatic N) is 2. The number of amides is 1. The van der Waals surface area contributed by atoms with Crippen molar-refractivity contribution in [3.05, 3.63) is 59.7 Å². The molecule has 1 saturated heterocycles. The highest BCUT2D eigenvalue weighted by Gasteiger charge is 2.23. The van der Waals surface area contributed by atoms with Gasteiger partial charge in [0.1, 0.15) is 12.3 Å². The maximum absolute atomic E-state index is 12.6. The van der Waals surface area contributed by atoms with Gasteiger partial charge in [-0.3, -0.25) is 4.79 Å². The number of piperazine rings is 1. The second-order valence-corrected chi connectivity index (χ2v) is 7.18. The van der Waals surface area contributed by atoms with Crippen molar-refractivity contribution in [2.45, 2.75) is 13.5 Å². The lowest BCUT2D eigenvalue weighted by atomic mass is 10.1. The molecule has 0 radical (unpaired) electrons. The molecule has 26 heavy (non-hydrogen) atoms. The smallest absolute Gasteiger partial charge is 0.277 e. The van der Waals surface area contributed by atoms with Crippen LogP contribution in [0.2, 0.25) is 0 Å². The number of phenols is 1. The van der Waals surface area contributed by atoms with Crippen LogP contribution in [0, 0.1) is 6.92 Å². The molecule has 2 N–H and O–H groups in total. The number of carbonyl (C=O) groups is 1. The Labute approximate surface area is 155 Å². The Morgan fingerprint density at radius 1 is 1.00 bits per heavy atom. The summed E-state index contributed by atoms with van der Waals surface area (Å²) in [7, 11) is 2.07. The molecule has 2 aromatic carbocycles. The largest absolute Gasteiger partial charge is 0.508 e. The number of hydrogen-bond donors (Lipinski definition) is 2. The molecule has 2 aromatic rings. The monoisotopic (exact) mass is 354 g/mol. The molecule has 1 aliphatic heterocycles. The summed E-state index contributed by atoms with van der Waals surface area (Å²) in [4.78, 5) is 18.0.